The van der Waals surface area contributed by atoms with Crippen LogP contribution in [-0.4, -0.2) is 49.3 Å². The molecule has 1 rings (SSSR count). The number of rotatable bonds is 6. The van der Waals surface area contributed by atoms with Crippen LogP contribution >= 0.6 is 0 Å². The Morgan fingerprint density at radius 3 is 2.44 bits per heavy atom. The van der Waals surface area contributed by atoms with E-state index < -0.39 is 0 Å². The second kappa shape index (κ2) is 5.64. The highest BCUT2D eigenvalue weighted by molar-refractivity contribution is 5.78. The van der Waals surface area contributed by atoms with E-state index in [-0.39, 0.29) is 18.1 Å². The molecule has 16 heavy (non-hydrogen) atoms. The second-order valence-corrected chi connectivity index (χ2v) is 5.21. The first-order valence-electron chi connectivity index (χ1n) is 5.86. The lowest BCUT2D eigenvalue weighted by Gasteiger charge is -2.25. The van der Waals surface area contributed by atoms with E-state index in [2.05, 4.69) is 0 Å². The molecule has 0 spiro atoms. The molecule has 94 valence electrons. The van der Waals surface area contributed by atoms with Gasteiger partial charge in [0.05, 0.1) is 12.2 Å². The first-order valence-corrected chi connectivity index (χ1v) is 5.86. The average Bonchev–Trinajstić information content (AvgIpc) is 2.98. The maximum atomic E-state index is 11.9. The largest absolute Gasteiger partial charge is 0.383 e. The molecule has 0 aromatic rings. The zero-order chi connectivity index (χ0) is 12.2. The van der Waals surface area contributed by atoms with Crippen molar-refractivity contribution in [3.05, 3.63) is 0 Å². The molecule has 0 radical (unpaired) electrons. The number of nitrogens with zero attached hydrogens (tertiary/aromatic N) is 1. The van der Waals surface area contributed by atoms with Crippen LogP contribution in [0, 0.1) is 0 Å². The van der Waals surface area contributed by atoms with Crippen molar-refractivity contribution < 1.29 is 14.3 Å². The lowest BCUT2D eigenvalue weighted by Crippen LogP contribution is -2.39. The Bertz CT molecular complexity index is 231. The van der Waals surface area contributed by atoms with E-state index in [0.29, 0.717) is 19.2 Å². The summed E-state index contributed by atoms with van der Waals surface area (Å²) in [6, 6.07) is 0.422. The minimum Gasteiger partial charge on any atom is -0.383 e. The first kappa shape index (κ1) is 13.5. The van der Waals surface area contributed by atoms with Crippen LogP contribution in [0.25, 0.3) is 0 Å². The summed E-state index contributed by atoms with van der Waals surface area (Å²) in [5, 5.41) is 0. The number of ether oxygens (including phenoxy) is 2. The molecule has 0 N–H and O–H groups in total. The van der Waals surface area contributed by atoms with Crippen molar-refractivity contribution in [2.75, 3.05) is 26.9 Å². The highest BCUT2D eigenvalue weighted by atomic mass is 16.5. The molecule has 1 aliphatic carbocycles. The monoisotopic (exact) mass is 229 g/mol. The van der Waals surface area contributed by atoms with Gasteiger partial charge in [-0.1, -0.05) is 0 Å². The molecule has 1 amide bonds. The number of hydrogen-bond donors (Lipinski definition) is 0. The number of methoxy groups -OCH3 is 1. The van der Waals surface area contributed by atoms with Crippen LogP contribution in [0.5, 0.6) is 0 Å². The molecule has 0 saturated heterocycles. The van der Waals surface area contributed by atoms with Gasteiger partial charge in [-0.25, -0.2) is 0 Å². The topological polar surface area (TPSA) is 38.8 Å². The Morgan fingerprint density at radius 1 is 1.38 bits per heavy atom. The highest BCUT2D eigenvalue weighted by Gasteiger charge is 2.32. The Labute approximate surface area is 97.9 Å². The van der Waals surface area contributed by atoms with Crippen molar-refractivity contribution in [2.24, 2.45) is 0 Å². The van der Waals surface area contributed by atoms with Crippen molar-refractivity contribution in [1.82, 2.24) is 4.90 Å². The Balaban J connectivity index is 2.35. The number of amides is 1. The van der Waals surface area contributed by atoms with E-state index in [1.165, 1.54) is 0 Å². The summed E-state index contributed by atoms with van der Waals surface area (Å²) in [6.07, 6.45) is 2.23. The minimum atomic E-state index is -0.258. The predicted octanol–water partition coefficient (Wildman–Crippen LogP) is 1.44. The van der Waals surface area contributed by atoms with Crippen molar-refractivity contribution >= 4 is 5.91 Å². The zero-order valence-electron chi connectivity index (χ0n) is 10.8. The zero-order valence-corrected chi connectivity index (χ0v) is 10.8. The first-order chi connectivity index (χ1) is 7.44. The standard InChI is InChI=1S/C12H23NO3/c1-12(2,3)16-9-11(14)13(7-8-15-4)10-5-6-10/h10H,5-9H2,1-4H3. The van der Waals surface area contributed by atoms with Crippen molar-refractivity contribution in [1.29, 1.82) is 0 Å². The van der Waals surface area contributed by atoms with E-state index in [1.807, 2.05) is 25.7 Å². The predicted molar refractivity (Wildman–Crippen MR) is 62.3 cm³/mol. The maximum absolute atomic E-state index is 11.9. The summed E-state index contributed by atoms with van der Waals surface area (Å²) in [5.41, 5.74) is -0.258. The van der Waals surface area contributed by atoms with Crippen LogP contribution < -0.4 is 0 Å². The molecule has 0 aromatic heterocycles. The summed E-state index contributed by atoms with van der Waals surface area (Å²) in [6.45, 7) is 7.31. The van der Waals surface area contributed by atoms with Crippen LogP contribution in [0.15, 0.2) is 0 Å². The normalized spacial score (nSPS) is 16.2. The minimum absolute atomic E-state index is 0.0782. The lowest BCUT2D eigenvalue weighted by molar-refractivity contribution is -0.142. The van der Waals surface area contributed by atoms with Gasteiger partial charge in [0.15, 0.2) is 0 Å². The van der Waals surface area contributed by atoms with Gasteiger partial charge in [-0.3, -0.25) is 4.79 Å². The fourth-order valence-corrected chi connectivity index (χ4v) is 1.45. The van der Waals surface area contributed by atoms with E-state index in [9.17, 15) is 4.79 Å². The van der Waals surface area contributed by atoms with Crippen molar-refractivity contribution in [3.63, 3.8) is 0 Å². The van der Waals surface area contributed by atoms with Gasteiger partial charge in [-0.05, 0) is 33.6 Å². The molecule has 4 heteroatoms. The summed E-state index contributed by atoms with van der Waals surface area (Å²) >= 11 is 0. The highest BCUT2D eigenvalue weighted by Crippen LogP contribution is 2.26. The fraction of sp³-hybridized carbons (Fsp3) is 0.917. The molecule has 1 aliphatic rings. The molecular formula is C12H23NO3. The number of carbonyl (C=O) groups is 1. The van der Waals surface area contributed by atoms with Gasteiger partial charge < -0.3 is 14.4 Å². The van der Waals surface area contributed by atoms with E-state index in [1.54, 1.807) is 7.11 Å². The van der Waals surface area contributed by atoms with Gasteiger partial charge in [-0.2, -0.15) is 0 Å². The van der Waals surface area contributed by atoms with Gasteiger partial charge in [0.1, 0.15) is 6.61 Å². The number of carbonyl (C=O) groups excluding carboxylic acids is 1. The SMILES string of the molecule is COCCN(C(=O)COC(C)(C)C)C1CC1. The van der Waals surface area contributed by atoms with Crippen LogP contribution in [0.2, 0.25) is 0 Å². The third-order valence-corrected chi connectivity index (χ3v) is 2.47. The molecular weight excluding hydrogens is 206 g/mol. The molecule has 0 atom stereocenters. The lowest BCUT2D eigenvalue weighted by atomic mass is 10.2. The van der Waals surface area contributed by atoms with E-state index in [4.69, 9.17) is 9.47 Å². The van der Waals surface area contributed by atoms with Gasteiger partial charge in [0, 0.05) is 19.7 Å². The summed E-state index contributed by atoms with van der Waals surface area (Å²) in [4.78, 5) is 13.8. The van der Waals surface area contributed by atoms with Crippen LogP contribution in [0.3, 0.4) is 0 Å². The molecule has 4 nitrogen and oxygen atoms in total. The van der Waals surface area contributed by atoms with Gasteiger partial charge in [-0.15, -0.1) is 0 Å². The van der Waals surface area contributed by atoms with Gasteiger partial charge in [0.25, 0.3) is 0 Å². The molecule has 0 unspecified atom stereocenters. The Kier molecular flexibility index (Phi) is 4.74. The van der Waals surface area contributed by atoms with Crippen molar-refractivity contribution in [3.8, 4) is 0 Å². The second-order valence-electron chi connectivity index (χ2n) is 5.21. The third kappa shape index (κ3) is 4.94. The molecule has 0 heterocycles. The molecule has 0 bridgehead atoms. The average molecular weight is 229 g/mol. The third-order valence-electron chi connectivity index (χ3n) is 2.47. The summed E-state index contributed by atoms with van der Waals surface area (Å²) in [7, 11) is 1.65. The number of hydrogen-bond acceptors (Lipinski definition) is 3. The van der Waals surface area contributed by atoms with Crippen LogP contribution in [0.4, 0.5) is 0 Å². The van der Waals surface area contributed by atoms with E-state index >= 15 is 0 Å². The molecule has 0 aliphatic heterocycles. The summed E-state index contributed by atoms with van der Waals surface area (Å²) in [5.74, 6) is 0.0782. The Morgan fingerprint density at radius 2 is 2.00 bits per heavy atom. The van der Waals surface area contributed by atoms with Gasteiger partial charge in [0.2, 0.25) is 5.91 Å². The van der Waals surface area contributed by atoms with Crippen LogP contribution in [-0.2, 0) is 14.3 Å². The molecule has 1 fully saturated rings. The quantitative estimate of drug-likeness (QED) is 0.692. The smallest absolute Gasteiger partial charge is 0.248 e. The van der Waals surface area contributed by atoms with Gasteiger partial charge >= 0.3 is 0 Å². The van der Waals surface area contributed by atoms with E-state index in [0.717, 1.165) is 12.8 Å². The fourth-order valence-electron chi connectivity index (χ4n) is 1.45. The molecule has 0 aromatic carbocycles. The molecule has 1 saturated carbocycles. The van der Waals surface area contributed by atoms with Crippen LogP contribution in [0.1, 0.15) is 33.6 Å². The summed E-state index contributed by atoms with van der Waals surface area (Å²) < 4.78 is 10.5. The maximum Gasteiger partial charge on any atom is 0.248 e. The Hall–Kier alpha value is -0.610. The van der Waals surface area contributed by atoms with Crippen molar-refractivity contribution in [2.45, 2.75) is 45.3 Å².